The minimum Gasteiger partial charge on any atom is -0.462 e. The molecule has 7 heteroatoms. The fourth-order valence-corrected chi connectivity index (χ4v) is 2.62. The molecular formula is C9H6Cl2N2O2S. The number of rotatable bonds is 2. The quantitative estimate of drug-likeness (QED) is 0.791. The molecule has 2 rings (SSSR count). The van der Waals surface area contributed by atoms with E-state index in [2.05, 4.69) is 10.2 Å². The number of hydrogen-bond donors (Lipinski definition) is 0. The van der Waals surface area contributed by atoms with Crippen molar-refractivity contribution in [2.75, 3.05) is 6.61 Å². The molecule has 0 unspecified atom stereocenters. The highest BCUT2D eigenvalue weighted by molar-refractivity contribution is 7.21. The zero-order chi connectivity index (χ0) is 11.7. The Balaban J connectivity index is 2.55. The molecule has 0 spiro atoms. The van der Waals surface area contributed by atoms with E-state index in [1.807, 2.05) is 0 Å². The molecule has 0 radical (unpaired) electrons. The zero-order valence-electron chi connectivity index (χ0n) is 8.16. The van der Waals surface area contributed by atoms with Gasteiger partial charge in [0, 0.05) is 5.39 Å². The van der Waals surface area contributed by atoms with Gasteiger partial charge in [-0.05, 0) is 13.0 Å². The minimum absolute atomic E-state index is 0.228. The molecule has 0 bridgehead atoms. The maximum absolute atomic E-state index is 11.5. The number of aromatic nitrogens is 2. The van der Waals surface area contributed by atoms with Gasteiger partial charge in [0.15, 0.2) is 10.3 Å². The Morgan fingerprint density at radius 1 is 1.44 bits per heavy atom. The minimum atomic E-state index is -0.393. The van der Waals surface area contributed by atoms with E-state index in [1.165, 1.54) is 11.3 Å². The fourth-order valence-electron chi connectivity index (χ4n) is 1.19. The summed E-state index contributed by atoms with van der Waals surface area (Å²) in [6.07, 6.45) is 0. The highest BCUT2D eigenvalue weighted by atomic mass is 35.5. The van der Waals surface area contributed by atoms with Crippen molar-refractivity contribution in [2.45, 2.75) is 6.92 Å². The SMILES string of the molecule is CCOC(=O)c1cc2c(Cl)nnc(Cl)c2s1. The average molecular weight is 277 g/mol. The molecule has 2 aromatic heterocycles. The number of ether oxygens (including phenoxy) is 1. The lowest BCUT2D eigenvalue weighted by Crippen LogP contribution is -2.01. The van der Waals surface area contributed by atoms with Crippen LogP contribution in [0.25, 0.3) is 10.1 Å². The van der Waals surface area contributed by atoms with Gasteiger partial charge in [0.2, 0.25) is 0 Å². The molecule has 16 heavy (non-hydrogen) atoms. The molecule has 0 aliphatic heterocycles. The zero-order valence-corrected chi connectivity index (χ0v) is 10.5. The third-order valence-corrected chi connectivity index (χ3v) is 3.62. The molecule has 0 amide bonds. The summed E-state index contributed by atoms with van der Waals surface area (Å²) in [4.78, 5) is 11.9. The second-order valence-electron chi connectivity index (χ2n) is 2.86. The summed E-state index contributed by atoms with van der Waals surface area (Å²) in [6.45, 7) is 2.07. The molecule has 0 saturated carbocycles. The van der Waals surface area contributed by atoms with Gasteiger partial charge in [-0.3, -0.25) is 0 Å². The second-order valence-corrected chi connectivity index (χ2v) is 4.62. The van der Waals surface area contributed by atoms with Crippen molar-refractivity contribution in [2.24, 2.45) is 0 Å². The average Bonchev–Trinajstić information content (AvgIpc) is 2.70. The van der Waals surface area contributed by atoms with E-state index >= 15 is 0 Å². The normalized spacial score (nSPS) is 10.7. The van der Waals surface area contributed by atoms with E-state index in [1.54, 1.807) is 13.0 Å². The summed E-state index contributed by atoms with van der Waals surface area (Å²) in [5.74, 6) is -0.393. The van der Waals surface area contributed by atoms with Gasteiger partial charge in [0.1, 0.15) is 4.88 Å². The third kappa shape index (κ3) is 1.98. The molecule has 84 valence electrons. The molecule has 0 atom stereocenters. The van der Waals surface area contributed by atoms with Crippen LogP contribution in [0.1, 0.15) is 16.6 Å². The van der Waals surface area contributed by atoms with Crippen LogP contribution in [-0.2, 0) is 4.74 Å². The first-order chi connectivity index (χ1) is 7.63. The Hall–Kier alpha value is -0.910. The maximum Gasteiger partial charge on any atom is 0.348 e. The van der Waals surface area contributed by atoms with E-state index < -0.39 is 5.97 Å². The first-order valence-electron chi connectivity index (χ1n) is 4.41. The van der Waals surface area contributed by atoms with Crippen LogP contribution >= 0.6 is 34.5 Å². The van der Waals surface area contributed by atoms with Crippen LogP contribution < -0.4 is 0 Å². The van der Waals surface area contributed by atoms with Crippen LogP contribution in [0.5, 0.6) is 0 Å². The monoisotopic (exact) mass is 276 g/mol. The van der Waals surface area contributed by atoms with Crippen LogP contribution in [0.4, 0.5) is 0 Å². The van der Waals surface area contributed by atoms with Gasteiger partial charge in [-0.2, -0.15) is 0 Å². The van der Waals surface area contributed by atoms with Gasteiger partial charge in [-0.15, -0.1) is 21.5 Å². The Morgan fingerprint density at radius 3 is 2.75 bits per heavy atom. The topological polar surface area (TPSA) is 52.1 Å². The molecule has 0 aliphatic carbocycles. The number of hydrogen-bond acceptors (Lipinski definition) is 5. The molecule has 0 N–H and O–H groups in total. The van der Waals surface area contributed by atoms with Crippen LogP contribution in [-0.4, -0.2) is 22.8 Å². The number of fused-ring (bicyclic) bond motifs is 1. The van der Waals surface area contributed by atoms with Gasteiger partial charge in [0.05, 0.1) is 11.3 Å². The van der Waals surface area contributed by atoms with Crippen LogP contribution in [0.2, 0.25) is 10.3 Å². The van der Waals surface area contributed by atoms with E-state index in [9.17, 15) is 4.79 Å². The fraction of sp³-hybridized carbons (Fsp3) is 0.222. The number of thiophene rings is 1. The predicted octanol–water partition coefficient (Wildman–Crippen LogP) is 3.17. The smallest absolute Gasteiger partial charge is 0.348 e. The molecule has 0 aliphatic rings. The van der Waals surface area contributed by atoms with Gasteiger partial charge in [-0.1, -0.05) is 23.2 Å². The largest absolute Gasteiger partial charge is 0.462 e. The van der Waals surface area contributed by atoms with Crippen molar-refractivity contribution in [3.8, 4) is 0 Å². The first-order valence-corrected chi connectivity index (χ1v) is 5.99. The van der Waals surface area contributed by atoms with Crippen molar-refractivity contribution in [1.29, 1.82) is 0 Å². The van der Waals surface area contributed by atoms with Gasteiger partial charge < -0.3 is 4.74 Å². The third-order valence-electron chi connectivity index (χ3n) is 1.84. The number of halogens is 2. The molecule has 0 fully saturated rings. The van der Waals surface area contributed by atoms with Gasteiger partial charge in [-0.25, -0.2) is 4.79 Å². The van der Waals surface area contributed by atoms with E-state index in [-0.39, 0.29) is 10.3 Å². The Labute approximate surface area is 105 Å². The van der Waals surface area contributed by atoms with E-state index in [0.29, 0.717) is 21.6 Å². The summed E-state index contributed by atoms with van der Waals surface area (Å²) in [7, 11) is 0. The summed E-state index contributed by atoms with van der Waals surface area (Å²) < 4.78 is 5.52. The lowest BCUT2D eigenvalue weighted by molar-refractivity contribution is 0.0532. The van der Waals surface area contributed by atoms with Crippen LogP contribution in [0, 0.1) is 0 Å². The number of nitrogens with zero attached hydrogens (tertiary/aromatic N) is 2. The van der Waals surface area contributed by atoms with E-state index in [0.717, 1.165) is 0 Å². The summed E-state index contributed by atoms with van der Waals surface area (Å²) >= 11 is 12.9. The van der Waals surface area contributed by atoms with Gasteiger partial charge in [0.25, 0.3) is 0 Å². The predicted molar refractivity (Wildman–Crippen MR) is 63.4 cm³/mol. The Bertz CT molecular complexity index is 517. The standard InChI is InChI=1S/C9H6Cl2N2O2S/c1-2-15-9(14)5-3-4-6(16-5)8(11)13-12-7(4)10/h3H,2H2,1H3. The molecule has 2 aromatic rings. The lowest BCUT2D eigenvalue weighted by atomic mass is 10.3. The molecule has 4 nitrogen and oxygen atoms in total. The maximum atomic E-state index is 11.5. The van der Waals surface area contributed by atoms with Gasteiger partial charge >= 0.3 is 5.97 Å². The van der Waals surface area contributed by atoms with Crippen molar-refractivity contribution >= 4 is 50.6 Å². The van der Waals surface area contributed by atoms with Crippen LogP contribution in [0.15, 0.2) is 6.07 Å². The highest BCUT2D eigenvalue weighted by Gasteiger charge is 2.16. The van der Waals surface area contributed by atoms with E-state index in [4.69, 9.17) is 27.9 Å². The van der Waals surface area contributed by atoms with Crippen molar-refractivity contribution in [3.63, 3.8) is 0 Å². The summed E-state index contributed by atoms with van der Waals surface area (Å²) in [5, 5.41) is 8.41. The second kappa shape index (κ2) is 4.53. The number of carbonyl (C=O) groups is 1. The van der Waals surface area contributed by atoms with Crippen molar-refractivity contribution in [3.05, 3.63) is 21.2 Å². The Kier molecular flexibility index (Phi) is 3.28. The molecule has 0 saturated heterocycles. The molecule has 0 aromatic carbocycles. The summed E-state index contributed by atoms with van der Waals surface area (Å²) in [6, 6.07) is 1.61. The Morgan fingerprint density at radius 2 is 2.12 bits per heavy atom. The first kappa shape index (κ1) is 11.6. The molecule has 2 heterocycles. The van der Waals surface area contributed by atoms with Crippen molar-refractivity contribution in [1.82, 2.24) is 10.2 Å². The van der Waals surface area contributed by atoms with Crippen molar-refractivity contribution < 1.29 is 9.53 Å². The lowest BCUT2D eigenvalue weighted by Gasteiger charge is -1.95. The van der Waals surface area contributed by atoms with Crippen LogP contribution in [0.3, 0.4) is 0 Å². The molecular weight excluding hydrogens is 271 g/mol. The number of esters is 1. The number of carbonyl (C=O) groups excluding carboxylic acids is 1. The highest BCUT2D eigenvalue weighted by Crippen LogP contribution is 2.33. The summed E-state index contributed by atoms with van der Waals surface area (Å²) in [5.41, 5.74) is 0.